The maximum atomic E-state index is 4.30. The highest BCUT2D eigenvalue weighted by Crippen LogP contribution is 2.16. The van der Waals surface area contributed by atoms with Gasteiger partial charge in [0.05, 0.1) is 6.04 Å². The van der Waals surface area contributed by atoms with Crippen LogP contribution in [0.1, 0.15) is 13.8 Å². The summed E-state index contributed by atoms with van der Waals surface area (Å²) in [4.78, 5) is 4.30. The fraction of sp³-hybridized carbons (Fsp3) is 0.444. The first-order valence-corrected chi connectivity index (χ1v) is 3.58. The zero-order chi connectivity index (χ0) is 7.56. The SMILES string of the molecule is C=CC1C=C(C)C=NC1C. The topological polar surface area (TPSA) is 12.4 Å². The van der Waals surface area contributed by atoms with E-state index in [-0.39, 0.29) is 0 Å². The Balaban J connectivity index is 2.76. The third-order valence-electron chi connectivity index (χ3n) is 1.80. The Labute approximate surface area is 62.2 Å². The van der Waals surface area contributed by atoms with Crippen LogP contribution in [0.15, 0.2) is 29.3 Å². The fourth-order valence-electron chi connectivity index (χ4n) is 1.09. The minimum atomic E-state index is 0.376. The summed E-state index contributed by atoms with van der Waals surface area (Å²) in [7, 11) is 0. The van der Waals surface area contributed by atoms with E-state index in [1.165, 1.54) is 5.57 Å². The van der Waals surface area contributed by atoms with Crippen LogP contribution in [0.4, 0.5) is 0 Å². The van der Waals surface area contributed by atoms with Gasteiger partial charge in [0.15, 0.2) is 0 Å². The molecule has 1 rings (SSSR count). The van der Waals surface area contributed by atoms with Crippen molar-refractivity contribution in [2.45, 2.75) is 19.9 Å². The smallest absolute Gasteiger partial charge is 0.0568 e. The number of hydrogen-bond donors (Lipinski definition) is 0. The standard InChI is InChI=1S/C9H13N/c1-4-9-5-7(2)6-10-8(9)3/h4-6,8-9H,1H2,2-3H3. The van der Waals surface area contributed by atoms with Crippen LogP contribution in [0, 0.1) is 5.92 Å². The molecule has 1 aliphatic heterocycles. The largest absolute Gasteiger partial charge is 0.289 e. The molecule has 0 aliphatic carbocycles. The van der Waals surface area contributed by atoms with E-state index in [9.17, 15) is 0 Å². The van der Waals surface area contributed by atoms with E-state index in [1.807, 2.05) is 12.3 Å². The van der Waals surface area contributed by atoms with Crippen molar-refractivity contribution < 1.29 is 0 Å². The Hall–Kier alpha value is -0.850. The quantitative estimate of drug-likeness (QED) is 0.489. The summed E-state index contributed by atoms with van der Waals surface area (Å²) < 4.78 is 0. The highest BCUT2D eigenvalue weighted by atomic mass is 14.8. The second-order valence-corrected chi connectivity index (χ2v) is 2.74. The van der Waals surface area contributed by atoms with Crippen LogP contribution in [-0.4, -0.2) is 12.3 Å². The highest BCUT2D eigenvalue weighted by Gasteiger charge is 2.12. The van der Waals surface area contributed by atoms with Gasteiger partial charge in [-0.3, -0.25) is 4.99 Å². The van der Waals surface area contributed by atoms with Crippen molar-refractivity contribution >= 4 is 6.21 Å². The predicted molar refractivity (Wildman–Crippen MR) is 45.4 cm³/mol. The minimum absolute atomic E-state index is 0.376. The Morgan fingerprint density at radius 2 is 2.40 bits per heavy atom. The summed E-state index contributed by atoms with van der Waals surface area (Å²) in [5, 5.41) is 0. The number of dihydropyridines is 1. The van der Waals surface area contributed by atoms with Crippen molar-refractivity contribution in [3.05, 3.63) is 24.3 Å². The van der Waals surface area contributed by atoms with Crippen LogP contribution in [0.25, 0.3) is 0 Å². The van der Waals surface area contributed by atoms with E-state index < -0.39 is 0 Å². The Bertz CT molecular complexity index is 189. The predicted octanol–water partition coefficient (Wildman–Crippen LogP) is 2.21. The first-order chi connectivity index (χ1) is 4.74. The first-order valence-electron chi connectivity index (χ1n) is 3.58. The molecule has 2 atom stereocenters. The molecule has 1 heteroatoms. The molecular weight excluding hydrogens is 122 g/mol. The van der Waals surface area contributed by atoms with E-state index in [0.717, 1.165) is 0 Å². The molecule has 0 aromatic carbocycles. The molecule has 0 spiro atoms. The molecule has 0 bridgehead atoms. The zero-order valence-electron chi connectivity index (χ0n) is 6.54. The molecule has 0 radical (unpaired) electrons. The number of rotatable bonds is 1. The van der Waals surface area contributed by atoms with Crippen molar-refractivity contribution in [3.63, 3.8) is 0 Å². The van der Waals surface area contributed by atoms with Crippen molar-refractivity contribution in [2.24, 2.45) is 10.9 Å². The number of hydrogen-bond acceptors (Lipinski definition) is 1. The summed E-state index contributed by atoms with van der Waals surface area (Å²) in [6.07, 6.45) is 6.07. The maximum absolute atomic E-state index is 4.30. The molecule has 1 aliphatic rings. The molecule has 0 amide bonds. The van der Waals surface area contributed by atoms with Crippen LogP contribution in [-0.2, 0) is 0 Å². The third kappa shape index (κ3) is 1.35. The van der Waals surface area contributed by atoms with Crippen LogP contribution in [0.3, 0.4) is 0 Å². The second kappa shape index (κ2) is 2.82. The van der Waals surface area contributed by atoms with Gasteiger partial charge in [-0.2, -0.15) is 0 Å². The Morgan fingerprint density at radius 3 is 2.90 bits per heavy atom. The highest BCUT2D eigenvalue weighted by molar-refractivity contribution is 5.79. The van der Waals surface area contributed by atoms with Gasteiger partial charge in [0.25, 0.3) is 0 Å². The van der Waals surface area contributed by atoms with Gasteiger partial charge < -0.3 is 0 Å². The average Bonchev–Trinajstić information content (AvgIpc) is 1.94. The molecule has 0 aromatic heterocycles. The lowest BCUT2D eigenvalue weighted by molar-refractivity contribution is 0.631. The van der Waals surface area contributed by atoms with Crippen LogP contribution < -0.4 is 0 Å². The van der Waals surface area contributed by atoms with Gasteiger partial charge in [-0.15, -0.1) is 6.58 Å². The van der Waals surface area contributed by atoms with Gasteiger partial charge >= 0.3 is 0 Å². The minimum Gasteiger partial charge on any atom is -0.289 e. The van der Waals surface area contributed by atoms with Crippen LogP contribution in [0.5, 0.6) is 0 Å². The first kappa shape index (κ1) is 7.26. The van der Waals surface area contributed by atoms with Gasteiger partial charge in [-0.1, -0.05) is 12.2 Å². The van der Waals surface area contributed by atoms with Crippen LogP contribution >= 0.6 is 0 Å². The third-order valence-corrected chi connectivity index (χ3v) is 1.80. The van der Waals surface area contributed by atoms with Gasteiger partial charge in [0, 0.05) is 12.1 Å². The van der Waals surface area contributed by atoms with E-state index >= 15 is 0 Å². The van der Waals surface area contributed by atoms with Crippen molar-refractivity contribution in [3.8, 4) is 0 Å². The van der Waals surface area contributed by atoms with Crippen molar-refractivity contribution in [2.75, 3.05) is 0 Å². The molecule has 54 valence electrons. The lowest BCUT2D eigenvalue weighted by atomic mass is 9.97. The Kier molecular flexibility index (Phi) is 2.05. The molecule has 10 heavy (non-hydrogen) atoms. The van der Waals surface area contributed by atoms with Gasteiger partial charge in [0.2, 0.25) is 0 Å². The molecule has 2 unspecified atom stereocenters. The number of nitrogens with zero attached hydrogens (tertiary/aromatic N) is 1. The Morgan fingerprint density at radius 1 is 1.70 bits per heavy atom. The summed E-state index contributed by atoms with van der Waals surface area (Å²) in [6.45, 7) is 7.92. The van der Waals surface area contributed by atoms with E-state index in [0.29, 0.717) is 12.0 Å². The van der Waals surface area contributed by atoms with Gasteiger partial charge in [0.1, 0.15) is 0 Å². The fourth-order valence-corrected chi connectivity index (χ4v) is 1.09. The molecule has 0 saturated heterocycles. The molecule has 0 saturated carbocycles. The van der Waals surface area contributed by atoms with Crippen molar-refractivity contribution in [1.82, 2.24) is 0 Å². The molecular formula is C9H13N. The number of aliphatic imine (C=N–C) groups is 1. The zero-order valence-corrected chi connectivity index (χ0v) is 6.54. The summed E-state index contributed by atoms with van der Waals surface area (Å²) in [5.41, 5.74) is 1.24. The molecule has 0 fully saturated rings. The normalized spacial score (nSPS) is 31.6. The molecule has 0 N–H and O–H groups in total. The molecule has 0 aromatic rings. The van der Waals surface area contributed by atoms with Crippen molar-refractivity contribution in [1.29, 1.82) is 0 Å². The van der Waals surface area contributed by atoms with E-state index in [4.69, 9.17) is 0 Å². The van der Waals surface area contributed by atoms with E-state index in [1.54, 1.807) is 0 Å². The average molecular weight is 135 g/mol. The summed E-state index contributed by atoms with van der Waals surface area (Å²) >= 11 is 0. The monoisotopic (exact) mass is 135 g/mol. The molecule has 1 nitrogen and oxygen atoms in total. The summed E-state index contributed by atoms with van der Waals surface area (Å²) in [5.74, 6) is 0.435. The van der Waals surface area contributed by atoms with Gasteiger partial charge in [-0.25, -0.2) is 0 Å². The van der Waals surface area contributed by atoms with Gasteiger partial charge in [-0.05, 0) is 19.4 Å². The van der Waals surface area contributed by atoms with Crippen LogP contribution in [0.2, 0.25) is 0 Å². The second-order valence-electron chi connectivity index (χ2n) is 2.74. The number of allylic oxidation sites excluding steroid dienone is 1. The lowest BCUT2D eigenvalue weighted by Crippen LogP contribution is -2.14. The molecule has 1 heterocycles. The summed E-state index contributed by atoms with van der Waals surface area (Å²) in [6, 6.07) is 0.376. The van der Waals surface area contributed by atoms with E-state index in [2.05, 4.69) is 31.5 Å². The maximum Gasteiger partial charge on any atom is 0.0568 e. The lowest BCUT2D eigenvalue weighted by Gasteiger charge is -2.17.